The maximum absolute atomic E-state index is 11.5. The number of aromatic nitrogens is 1. The number of carboxylic acid groups (broad SMARTS) is 1. The summed E-state index contributed by atoms with van der Waals surface area (Å²) in [5.41, 5.74) is 1.18. The fourth-order valence-corrected chi connectivity index (χ4v) is 2.49. The molecule has 0 amide bonds. The van der Waals surface area contributed by atoms with Gasteiger partial charge in [0.05, 0.1) is 19.1 Å². The molecule has 2 aromatic rings. The van der Waals surface area contributed by atoms with Crippen LogP contribution in [0, 0.1) is 0 Å². The summed E-state index contributed by atoms with van der Waals surface area (Å²) >= 11 is 1.39. The van der Waals surface area contributed by atoms with E-state index in [1.807, 2.05) is 12.1 Å². The molecule has 0 bridgehead atoms. The highest BCUT2D eigenvalue weighted by molar-refractivity contribution is 7.99. The maximum Gasteiger partial charge on any atom is 0.337 e. The minimum absolute atomic E-state index is 0.00101. The molecule has 1 aromatic carbocycles. The number of esters is 1. The zero-order valence-electron chi connectivity index (χ0n) is 11.3. The smallest absolute Gasteiger partial charge is 0.337 e. The number of methoxy groups -OCH3 is 1. The van der Waals surface area contributed by atoms with Crippen molar-refractivity contribution in [1.82, 2.24) is 4.98 Å². The van der Waals surface area contributed by atoms with Crippen LogP contribution in [0.3, 0.4) is 0 Å². The Balaban J connectivity index is 2.11. The minimum Gasteiger partial charge on any atom is -0.481 e. The van der Waals surface area contributed by atoms with E-state index < -0.39 is 11.9 Å². The number of hydrogen-bond donors (Lipinski definition) is 1. The van der Waals surface area contributed by atoms with Gasteiger partial charge in [-0.15, -0.1) is 0 Å². The van der Waals surface area contributed by atoms with Gasteiger partial charge >= 0.3 is 11.9 Å². The third-order valence-electron chi connectivity index (χ3n) is 2.66. The van der Waals surface area contributed by atoms with Crippen LogP contribution in [0.2, 0.25) is 0 Å². The lowest BCUT2D eigenvalue weighted by Gasteiger charge is -2.04. The Bertz CT molecular complexity index is 655. The highest BCUT2D eigenvalue weighted by Gasteiger charge is 2.08. The zero-order valence-corrected chi connectivity index (χ0v) is 12.1. The van der Waals surface area contributed by atoms with Gasteiger partial charge in [-0.25, -0.2) is 9.78 Å². The van der Waals surface area contributed by atoms with E-state index in [2.05, 4.69) is 9.72 Å². The number of carbonyl (C=O) groups excluding carboxylic acids is 1. The third-order valence-corrected chi connectivity index (χ3v) is 3.60. The van der Waals surface area contributed by atoms with Gasteiger partial charge in [0.15, 0.2) is 0 Å². The van der Waals surface area contributed by atoms with E-state index in [9.17, 15) is 9.59 Å². The maximum atomic E-state index is 11.5. The van der Waals surface area contributed by atoms with Gasteiger partial charge in [-0.3, -0.25) is 4.79 Å². The van der Waals surface area contributed by atoms with Gasteiger partial charge in [0, 0.05) is 11.1 Å². The molecule has 0 saturated carbocycles. The Kier molecular flexibility index (Phi) is 4.94. The molecule has 0 atom stereocenters. The van der Waals surface area contributed by atoms with Crippen LogP contribution in [0.4, 0.5) is 0 Å². The molecule has 5 nitrogen and oxygen atoms in total. The molecule has 0 aliphatic heterocycles. The lowest BCUT2D eigenvalue weighted by atomic mass is 10.2. The molecule has 1 aromatic heterocycles. The predicted molar refractivity (Wildman–Crippen MR) is 77.5 cm³/mol. The summed E-state index contributed by atoms with van der Waals surface area (Å²) < 4.78 is 4.66. The van der Waals surface area contributed by atoms with Crippen molar-refractivity contribution in [3.05, 3.63) is 53.7 Å². The molecule has 2 rings (SSSR count). The van der Waals surface area contributed by atoms with Gasteiger partial charge in [0.25, 0.3) is 0 Å². The molecule has 0 saturated heterocycles. The lowest BCUT2D eigenvalue weighted by molar-refractivity contribution is -0.136. The summed E-state index contributed by atoms with van der Waals surface area (Å²) in [5, 5.41) is 9.39. The van der Waals surface area contributed by atoms with E-state index in [1.165, 1.54) is 18.9 Å². The van der Waals surface area contributed by atoms with E-state index in [-0.39, 0.29) is 6.42 Å². The fraction of sp³-hybridized carbons (Fsp3) is 0.133. The predicted octanol–water partition coefficient (Wildman–Crippen LogP) is 2.65. The number of aliphatic carboxylic acids is 1. The van der Waals surface area contributed by atoms with Crippen LogP contribution < -0.4 is 0 Å². The average molecular weight is 303 g/mol. The van der Waals surface area contributed by atoms with Crippen LogP contribution in [0.5, 0.6) is 0 Å². The Labute approximate surface area is 126 Å². The van der Waals surface area contributed by atoms with Crippen LogP contribution in [0.15, 0.2) is 52.5 Å². The van der Waals surface area contributed by atoms with E-state index >= 15 is 0 Å². The van der Waals surface area contributed by atoms with Crippen LogP contribution in [0.1, 0.15) is 15.9 Å². The van der Waals surface area contributed by atoms with Crippen LogP contribution in [0.25, 0.3) is 0 Å². The second-order valence-corrected chi connectivity index (χ2v) is 5.28. The van der Waals surface area contributed by atoms with E-state index in [0.717, 1.165) is 10.5 Å². The second kappa shape index (κ2) is 6.90. The van der Waals surface area contributed by atoms with Gasteiger partial charge < -0.3 is 9.84 Å². The molecule has 0 aliphatic rings. The molecule has 0 aliphatic carbocycles. The molecule has 1 heterocycles. The van der Waals surface area contributed by atoms with Crippen LogP contribution in [-0.2, 0) is 16.0 Å². The Morgan fingerprint density at radius 3 is 2.57 bits per heavy atom. The van der Waals surface area contributed by atoms with Gasteiger partial charge in [0.2, 0.25) is 0 Å². The van der Waals surface area contributed by atoms with Gasteiger partial charge in [-0.05, 0) is 29.8 Å². The Morgan fingerprint density at radius 1 is 1.24 bits per heavy atom. The van der Waals surface area contributed by atoms with E-state index in [0.29, 0.717) is 10.6 Å². The molecule has 0 fully saturated rings. The molecule has 0 radical (unpaired) electrons. The Morgan fingerprint density at radius 2 is 1.95 bits per heavy atom. The van der Waals surface area contributed by atoms with Crippen LogP contribution >= 0.6 is 11.8 Å². The van der Waals surface area contributed by atoms with E-state index in [4.69, 9.17) is 5.11 Å². The first-order valence-corrected chi connectivity index (χ1v) is 6.93. The fourth-order valence-electron chi connectivity index (χ4n) is 1.68. The first kappa shape index (κ1) is 15.1. The quantitative estimate of drug-likeness (QED) is 0.856. The zero-order chi connectivity index (χ0) is 15.2. The molecular formula is C15H13NO4S. The lowest BCUT2D eigenvalue weighted by Crippen LogP contribution is -2.01. The van der Waals surface area contributed by atoms with Crippen molar-refractivity contribution in [1.29, 1.82) is 0 Å². The number of ether oxygens (including phenoxy) is 1. The van der Waals surface area contributed by atoms with Crippen molar-refractivity contribution in [2.75, 3.05) is 7.11 Å². The number of rotatable bonds is 5. The van der Waals surface area contributed by atoms with Gasteiger partial charge in [-0.2, -0.15) is 0 Å². The molecule has 0 spiro atoms. The minimum atomic E-state index is -0.858. The highest BCUT2D eigenvalue weighted by atomic mass is 32.2. The average Bonchev–Trinajstić information content (AvgIpc) is 2.48. The molecule has 21 heavy (non-hydrogen) atoms. The van der Waals surface area contributed by atoms with Crippen molar-refractivity contribution < 1.29 is 19.4 Å². The summed E-state index contributed by atoms with van der Waals surface area (Å²) in [6.45, 7) is 0. The number of carbonyl (C=O) groups is 2. The third kappa shape index (κ3) is 4.32. The summed E-state index contributed by atoms with van der Waals surface area (Å²) in [7, 11) is 1.33. The molecule has 6 heteroatoms. The topological polar surface area (TPSA) is 76.5 Å². The Hall–Kier alpha value is -2.34. The van der Waals surface area contributed by atoms with Crippen LogP contribution in [-0.4, -0.2) is 29.1 Å². The summed E-state index contributed by atoms with van der Waals surface area (Å²) in [4.78, 5) is 27.2. The van der Waals surface area contributed by atoms with Crippen molar-refractivity contribution in [3.63, 3.8) is 0 Å². The molecule has 1 N–H and O–H groups in total. The summed E-state index contributed by atoms with van der Waals surface area (Å²) in [5.74, 6) is -1.26. The standard InChI is InChI=1S/C15H13NO4S/c1-20-15(19)11-6-7-16-13(9-11)21-12-4-2-10(3-5-12)8-14(17)18/h2-7,9H,8H2,1H3,(H,17,18). The first-order valence-electron chi connectivity index (χ1n) is 6.11. The van der Waals surface area contributed by atoms with E-state index in [1.54, 1.807) is 30.5 Å². The first-order chi connectivity index (χ1) is 10.1. The monoisotopic (exact) mass is 303 g/mol. The number of benzene rings is 1. The van der Waals surface area contributed by atoms with Gasteiger partial charge in [-0.1, -0.05) is 23.9 Å². The number of hydrogen-bond acceptors (Lipinski definition) is 5. The number of nitrogens with zero attached hydrogens (tertiary/aromatic N) is 1. The molecular weight excluding hydrogens is 290 g/mol. The summed E-state index contributed by atoms with van der Waals surface area (Å²) in [6, 6.07) is 10.4. The normalized spacial score (nSPS) is 10.1. The van der Waals surface area contributed by atoms with Gasteiger partial charge in [0.1, 0.15) is 5.03 Å². The summed E-state index contributed by atoms with van der Waals surface area (Å²) in [6.07, 6.45) is 1.55. The van der Waals surface area contributed by atoms with Crippen molar-refractivity contribution in [3.8, 4) is 0 Å². The van der Waals surface area contributed by atoms with Crippen molar-refractivity contribution in [2.24, 2.45) is 0 Å². The number of pyridine rings is 1. The number of carboxylic acids is 1. The molecule has 108 valence electrons. The highest BCUT2D eigenvalue weighted by Crippen LogP contribution is 2.26. The van der Waals surface area contributed by atoms with Crippen molar-refractivity contribution in [2.45, 2.75) is 16.3 Å². The second-order valence-electron chi connectivity index (χ2n) is 4.19. The largest absolute Gasteiger partial charge is 0.481 e. The molecule has 0 unspecified atom stereocenters. The van der Waals surface area contributed by atoms with Crippen molar-refractivity contribution >= 4 is 23.7 Å². The SMILES string of the molecule is COC(=O)c1ccnc(Sc2ccc(CC(=O)O)cc2)c1.